The molecule has 3 aliphatic rings. The highest BCUT2D eigenvalue weighted by Crippen LogP contribution is 2.44. The molecule has 3 aliphatic carbocycles. The van der Waals surface area contributed by atoms with Gasteiger partial charge in [-0.3, -0.25) is 0 Å². The highest BCUT2D eigenvalue weighted by atomic mass is 35.5. The Labute approximate surface area is 186 Å². The van der Waals surface area contributed by atoms with Gasteiger partial charge in [-0.1, -0.05) is 31.5 Å². The number of rotatable bonds is 5. The highest BCUT2D eigenvalue weighted by Gasteiger charge is 2.39. The highest BCUT2D eigenvalue weighted by molar-refractivity contribution is 8.01. The van der Waals surface area contributed by atoms with Crippen molar-refractivity contribution < 1.29 is 9.90 Å². The van der Waals surface area contributed by atoms with E-state index in [0.29, 0.717) is 11.5 Å². The molecule has 0 heterocycles. The minimum atomic E-state index is -1.01. The quantitative estimate of drug-likeness (QED) is 0.411. The average Bonchev–Trinajstić information content (AvgIpc) is 2.63. The zero-order valence-corrected chi connectivity index (χ0v) is 20.4. The number of allylic oxidation sites excluding steroid dienone is 2. The molecule has 0 aromatic heterocycles. The minimum Gasteiger partial charge on any atom is -0.384 e. The van der Waals surface area contributed by atoms with Crippen LogP contribution in [0, 0.1) is 23.7 Å². The Morgan fingerprint density at radius 1 is 1.24 bits per heavy atom. The lowest BCUT2D eigenvalue weighted by atomic mass is 9.63. The Morgan fingerprint density at radius 3 is 2.52 bits per heavy atom. The van der Waals surface area contributed by atoms with E-state index in [4.69, 9.17) is 11.6 Å². The summed E-state index contributed by atoms with van der Waals surface area (Å²) in [4.78, 5) is 11.6. The summed E-state index contributed by atoms with van der Waals surface area (Å²) in [6, 6.07) is 0.805. The van der Waals surface area contributed by atoms with Gasteiger partial charge < -0.3 is 15.2 Å². The van der Waals surface area contributed by atoms with Crippen molar-refractivity contribution in [1.82, 2.24) is 10.0 Å². The first-order valence-corrected chi connectivity index (χ1v) is 12.0. The lowest BCUT2D eigenvalue weighted by Crippen LogP contribution is -2.47. The summed E-state index contributed by atoms with van der Waals surface area (Å²) in [5.74, 6) is 3.91. The van der Waals surface area contributed by atoms with Crippen LogP contribution in [0.3, 0.4) is 0 Å². The summed E-state index contributed by atoms with van der Waals surface area (Å²) in [5, 5.41) is 13.9. The van der Waals surface area contributed by atoms with Gasteiger partial charge in [0.1, 0.15) is 11.9 Å². The second kappa shape index (κ2) is 10.3. The molecule has 4 nitrogen and oxygen atoms in total. The summed E-state index contributed by atoms with van der Waals surface area (Å²) in [7, 11) is 2.14. The summed E-state index contributed by atoms with van der Waals surface area (Å²) >= 11 is 7.22. The normalized spacial score (nSPS) is 37.0. The molecule has 0 amide bonds. The van der Waals surface area contributed by atoms with Crippen LogP contribution in [0.5, 0.6) is 0 Å². The van der Waals surface area contributed by atoms with Gasteiger partial charge in [-0.25, -0.2) is 4.72 Å². The molecule has 0 aromatic rings. The van der Waals surface area contributed by atoms with Crippen LogP contribution in [-0.4, -0.2) is 35.6 Å². The smallest absolute Gasteiger partial charge is 0.140 e. The molecule has 0 saturated heterocycles. The summed E-state index contributed by atoms with van der Waals surface area (Å²) < 4.78 is 3.03. The summed E-state index contributed by atoms with van der Waals surface area (Å²) in [5.41, 5.74) is -1.59. The molecule has 0 aromatic carbocycles. The molecular weight excluding hydrogens is 404 g/mol. The second-order valence-corrected chi connectivity index (χ2v) is 11.4. The third kappa shape index (κ3) is 7.10. The van der Waals surface area contributed by atoms with Crippen molar-refractivity contribution in [2.45, 2.75) is 83.9 Å². The monoisotopic (exact) mass is 442 g/mol. The molecule has 6 atom stereocenters. The van der Waals surface area contributed by atoms with E-state index in [1.165, 1.54) is 37.6 Å². The number of fused-ring (bicyclic) bond motifs is 2. The standard InChI is InChI=1S/C12H23N.C11H16ClNO2S/c1-8-4-10-6-9(2)12(13-3)11(5-8)7-10;1-10(2,7-14)13-16-8-4-5-9(12)11(3,15)6-8/h8-13H,4-7H2,1-3H3;4-5,7,13,15H,6H2,1-3H3. The Balaban J connectivity index is 0.000000211. The van der Waals surface area contributed by atoms with E-state index in [9.17, 15) is 9.90 Å². The van der Waals surface area contributed by atoms with E-state index in [2.05, 4.69) is 30.9 Å². The SMILES string of the molecule is CC(C)(C=O)NSC1=CC=C(Cl)C(C)(O)C1.CNC1C(C)CC2CC(C)CC1C2. The van der Waals surface area contributed by atoms with Gasteiger partial charge in [0.25, 0.3) is 0 Å². The van der Waals surface area contributed by atoms with Crippen molar-refractivity contribution in [2.75, 3.05) is 7.05 Å². The Kier molecular flexibility index (Phi) is 8.87. The zero-order valence-electron chi connectivity index (χ0n) is 18.8. The van der Waals surface area contributed by atoms with Crippen molar-refractivity contribution >= 4 is 29.8 Å². The number of nitrogens with one attached hydrogen (secondary N) is 2. The first-order chi connectivity index (χ1) is 13.5. The lowest BCUT2D eigenvalue weighted by molar-refractivity contribution is -0.111. The molecule has 6 unspecified atom stereocenters. The maximum atomic E-state index is 10.7. The molecule has 2 fully saturated rings. The van der Waals surface area contributed by atoms with E-state index >= 15 is 0 Å². The lowest BCUT2D eigenvalue weighted by Gasteiger charge is -2.46. The van der Waals surface area contributed by atoms with Gasteiger partial charge in [-0.15, -0.1) is 0 Å². The maximum absolute atomic E-state index is 10.7. The molecule has 2 saturated carbocycles. The van der Waals surface area contributed by atoms with E-state index in [-0.39, 0.29) is 0 Å². The number of carbonyl (C=O) groups is 1. The van der Waals surface area contributed by atoms with E-state index in [1.807, 2.05) is 6.08 Å². The van der Waals surface area contributed by atoms with Crippen LogP contribution < -0.4 is 10.0 Å². The van der Waals surface area contributed by atoms with Gasteiger partial charge in [-0.2, -0.15) is 0 Å². The summed E-state index contributed by atoms with van der Waals surface area (Å²) in [6.45, 7) is 10.1. The fraction of sp³-hybridized carbons (Fsp3) is 0.783. The largest absolute Gasteiger partial charge is 0.384 e. The second-order valence-electron chi connectivity index (χ2n) is 10.1. The predicted octanol–water partition coefficient (Wildman–Crippen LogP) is 5.03. The Morgan fingerprint density at radius 2 is 1.93 bits per heavy atom. The first kappa shape index (κ1) is 24.9. The van der Waals surface area contributed by atoms with Crippen LogP contribution in [0.25, 0.3) is 0 Å². The Bertz CT molecular complexity index is 628. The maximum Gasteiger partial charge on any atom is 0.140 e. The van der Waals surface area contributed by atoms with Crippen molar-refractivity contribution in [1.29, 1.82) is 0 Å². The fourth-order valence-corrected chi connectivity index (χ4v) is 6.13. The van der Waals surface area contributed by atoms with E-state index in [1.54, 1.807) is 26.8 Å². The molecule has 3 rings (SSSR count). The van der Waals surface area contributed by atoms with E-state index < -0.39 is 11.1 Å². The van der Waals surface area contributed by atoms with Crippen molar-refractivity contribution in [3.8, 4) is 0 Å². The fourth-order valence-electron chi connectivity index (χ4n) is 5.07. The molecular formula is C23H39ClN2O2S. The number of halogens is 1. The van der Waals surface area contributed by atoms with Crippen molar-refractivity contribution in [3.63, 3.8) is 0 Å². The number of aldehydes is 1. The molecule has 166 valence electrons. The number of hydrogen-bond donors (Lipinski definition) is 3. The van der Waals surface area contributed by atoms with Crippen LogP contribution in [0.4, 0.5) is 0 Å². The molecule has 0 radical (unpaired) electrons. The third-order valence-electron chi connectivity index (χ3n) is 6.42. The number of carbonyl (C=O) groups excluding carboxylic acids is 1. The topological polar surface area (TPSA) is 61.4 Å². The summed E-state index contributed by atoms with van der Waals surface area (Å²) in [6.07, 6.45) is 10.8. The Hall–Kier alpha value is -0.330. The van der Waals surface area contributed by atoms with Crippen molar-refractivity contribution in [2.24, 2.45) is 23.7 Å². The molecule has 2 bridgehead atoms. The van der Waals surface area contributed by atoms with E-state index in [0.717, 1.165) is 40.9 Å². The van der Waals surface area contributed by atoms with Gasteiger partial charge in [0.15, 0.2) is 0 Å². The van der Waals surface area contributed by atoms with Gasteiger partial charge in [-0.05, 0) is 95.2 Å². The van der Waals surface area contributed by atoms with Crippen LogP contribution in [0.15, 0.2) is 22.1 Å². The third-order valence-corrected chi connectivity index (χ3v) is 8.13. The first-order valence-electron chi connectivity index (χ1n) is 10.8. The molecule has 0 spiro atoms. The van der Waals surface area contributed by atoms with Gasteiger partial charge in [0, 0.05) is 22.4 Å². The molecule has 0 aliphatic heterocycles. The van der Waals surface area contributed by atoms with Crippen molar-refractivity contribution in [3.05, 3.63) is 22.1 Å². The van der Waals surface area contributed by atoms with Gasteiger partial charge in [0.2, 0.25) is 0 Å². The predicted molar refractivity (Wildman–Crippen MR) is 125 cm³/mol. The molecule has 6 heteroatoms. The van der Waals surface area contributed by atoms with Crippen LogP contribution in [-0.2, 0) is 4.79 Å². The zero-order chi connectivity index (χ0) is 21.8. The molecule has 29 heavy (non-hydrogen) atoms. The number of hydrogen-bond acceptors (Lipinski definition) is 5. The molecule has 3 N–H and O–H groups in total. The van der Waals surface area contributed by atoms with Crippen LogP contribution >= 0.6 is 23.5 Å². The van der Waals surface area contributed by atoms with Crippen LogP contribution in [0.2, 0.25) is 0 Å². The van der Waals surface area contributed by atoms with Gasteiger partial charge in [0.05, 0.1) is 5.54 Å². The average molecular weight is 443 g/mol. The minimum absolute atomic E-state index is 0.437. The van der Waals surface area contributed by atoms with Crippen LogP contribution in [0.1, 0.15) is 66.7 Å². The van der Waals surface area contributed by atoms with Gasteiger partial charge >= 0.3 is 0 Å². The number of aliphatic hydroxyl groups is 1.